The number of rotatable bonds is 5. The van der Waals surface area contributed by atoms with Gasteiger partial charge in [0.1, 0.15) is 0 Å². The van der Waals surface area contributed by atoms with Crippen LogP contribution in [0, 0.1) is 19.8 Å². The van der Waals surface area contributed by atoms with Gasteiger partial charge in [0.15, 0.2) is 0 Å². The van der Waals surface area contributed by atoms with Crippen molar-refractivity contribution in [1.29, 1.82) is 0 Å². The van der Waals surface area contributed by atoms with Crippen molar-refractivity contribution in [2.24, 2.45) is 5.92 Å². The minimum Gasteiger partial charge on any atom is -0.378 e. The van der Waals surface area contributed by atoms with Crippen LogP contribution in [-0.2, 0) is 11.2 Å². The van der Waals surface area contributed by atoms with Gasteiger partial charge in [-0.15, -0.1) is 0 Å². The molecule has 0 aliphatic carbocycles. The van der Waals surface area contributed by atoms with Crippen molar-refractivity contribution >= 4 is 0 Å². The fourth-order valence-electron chi connectivity index (χ4n) is 3.45. The number of likely N-dealkylation sites (N-methyl/N-ethyl adjacent to an activating group) is 1. The maximum Gasteiger partial charge on any atom is 0.0616 e. The molecule has 1 heterocycles. The largest absolute Gasteiger partial charge is 0.378 e. The molecular formula is C17H27NO. The molecule has 1 N–H and O–H groups in total. The second-order valence-corrected chi connectivity index (χ2v) is 5.87. The molecule has 1 aliphatic rings. The third kappa shape index (κ3) is 3.58. The molecule has 1 fully saturated rings. The van der Waals surface area contributed by atoms with Gasteiger partial charge in [-0.2, -0.15) is 0 Å². The normalized spacial score (nSPS) is 24.6. The SMILES string of the molecule is CCC1OCCC1C(Cc1cc(C)cc(C)c1)NC. The van der Waals surface area contributed by atoms with E-state index < -0.39 is 0 Å². The molecule has 3 atom stereocenters. The quantitative estimate of drug-likeness (QED) is 0.878. The maximum atomic E-state index is 5.84. The monoisotopic (exact) mass is 261 g/mol. The van der Waals surface area contributed by atoms with Crippen LogP contribution in [-0.4, -0.2) is 25.8 Å². The summed E-state index contributed by atoms with van der Waals surface area (Å²) >= 11 is 0. The van der Waals surface area contributed by atoms with Gasteiger partial charge in [0.2, 0.25) is 0 Å². The van der Waals surface area contributed by atoms with Crippen LogP contribution in [0.25, 0.3) is 0 Å². The first-order chi connectivity index (χ1) is 9.13. The van der Waals surface area contributed by atoms with Crippen molar-refractivity contribution in [2.75, 3.05) is 13.7 Å². The lowest BCUT2D eigenvalue weighted by molar-refractivity contribution is 0.0783. The van der Waals surface area contributed by atoms with Crippen LogP contribution in [0.5, 0.6) is 0 Å². The lowest BCUT2D eigenvalue weighted by Gasteiger charge is -2.27. The summed E-state index contributed by atoms with van der Waals surface area (Å²) in [5.74, 6) is 0.649. The standard InChI is InChI=1S/C17H27NO/c1-5-17-15(6-7-19-17)16(18-4)11-14-9-12(2)8-13(3)10-14/h8-10,15-18H,5-7,11H2,1-4H3. The molecule has 1 saturated heterocycles. The molecule has 0 aromatic heterocycles. The number of ether oxygens (including phenoxy) is 1. The van der Waals surface area contributed by atoms with Gasteiger partial charge >= 0.3 is 0 Å². The molecule has 0 spiro atoms. The van der Waals surface area contributed by atoms with Gasteiger partial charge in [-0.3, -0.25) is 0 Å². The predicted molar refractivity (Wildman–Crippen MR) is 80.6 cm³/mol. The third-order valence-corrected chi connectivity index (χ3v) is 4.29. The summed E-state index contributed by atoms with van der Waals surface area (Å²) in [6, 6.07) is 7.39. The average Bonchev–Trinajstić information content (AvgIpc) is 2.82. The number of hydrogen-bond donors (Lipinski definition) is 1. The lowest BCUT2D eigenvalue weighted by atomic mass is 9.87. The molecule has 106 valence electrons. The van der Waals surface area contributed by atoms with Gasteiger partial charge in [0.25, 0.3) is 0 Å². The molecule has 0 amide bonds. The molecule has 2 rings (SSSR count). The zero-order valence-corrected chi connectivity index (χ0v) is 12.7. The number of benzene rings is 1. The molecule has 1 aromatic carbocycles. The van der Waals surface area contributed by atoms with Crippen molar-refractivity contribution in [3.63, 3.8) is 0 Å². The third-order valence-electron chi connectivity index (χ3n) is 4.29. The molecule has 0 radical (unpaired) electrons. The van der Waals surface area contributed by atoms with Crippen LogP contribution < -0.4 is 5.32 Å². The highest BCUT2D eigenvalue weighted by Crippen LogP contribution is 2.28. The Morgan fingerprint density at radius 3 is 2.53 bits per heavy atom. The van der Waals surface area contributed by atoms with E-state index in [2.05, 4.69) is 51.3 Å². The first-order valence-corrected chi connectivity index (χ1v) is 7.50. The second-order valence-electron chi connectivity index (χ2n) is 5.87. The van der Waals surface area contributed by atoms with Crippen LogP contribution >= 0.6 is 0 Å². The van der Waals surface area contributed by atoms with Gasteiger partial charge in [-0.25, -0.2) is 0 Å². The van der Waals surface area contributed by atoms with E-state index in [0.29, 0.717) is 18.1 Å². The molecule has 1 aliphatic heterocycles. The topological polar surface area (TPSA) is 21.3 Å². The molecule has 0 saturated carbocycles. The summed E-state index contributed by atoms with van der Waals surface area (Å²) in [6.07, 6.45) is 3.84. The van der Waals surface area contributed by atoms with Gasteiger partial charge in [-0.05, 0) is 45.7 Å². The summed E-state index contributed by atoms with van der Waals surface area (Å²) in [5, 5.41) is 3.52. The minimum atomic E-state index is 0.434. The molecule has 0 bridgehead atoms. The fraction of sp³-hybridized carbons (Fsp3) is 0.647. The molecule has 3 unspecified atom stereocenters. The molecule has 2 heteroatoms. The highest BCUT2D eigenvalue weighted by atomic mass is 16.5. The molecular weight excluding hydrogens is 234 g/mol. The van der Waals surface area contributed by atoms with E-state index in [1.54, 1.807) is 0 Å². The van der Waals surface area contributed by atoms with Crippen molar-refractivity contribution in [1.82, 2.24) is 5.32 Å². The predicted octanol–water partition coefficient (Wildman–Crippen LogP) is 3.25. The average molecular weight is 261 g/mol. The van der Waals surface area contributed by atoms with Crippen LogP contribution in [0.3, 0.4) is 0 Å². The molecule has 2 nitrogen and oxygen atoms in total. The lowest BCUT2D eigenvalue weighted by Crippen LogP contribution is -2.39. The molecule has 1 aromatic rings. The van der Waals surface area contributed by atoms with E-state index in [1.807, 2.05) is 0 Å². The highest BCUT2D eigenvalue weighted by Gasteiger charge is 2.32. The van der Waals surface area contributed by atoms with Crippen LogP contribution in [0.15, 0.2) is 18.2 Å². The van der Waals surface area contributed by atoms with Crippen molar-refractivity contribution in [3.8, 4) is 0 Å². The van der Waals surface area contributed by atoms with Crippen LogP contribution in [0.4, 0.5) is 0 Å². The van der Waals surface area contributed by atoms with E-state index in [1.165, 1.54) is 23.1 Å². The van der Waals surface area contributed by atoms with Crippen LogP contribution in [0.1, 0.15) is 36.5 Å². The Labute approximate surface area is 117 Å². The summed E-state index contributed by atoms with van der Waals surface area (Å²) in [6.45, 7) is 7.51. The van der Waals surface area contributed by atoms with E-state index >= 15 is 0 Å². The van der Waals surface area contributed by atoms with Crippen LogP contribution in [0.2, 0.25) is 0 Å². The zero-order valence-electron chi connectivity index (χ0n) is 12.7. The Hall–Kier alpha value is -0.860. The summed E-state index contributed by atoms with van der Waals surface area (Å²) in [4.78, 5) is 0. The first kappa shape index (κ1) is 14.5. The van der Waals surface area contributed by atoms with Crippen molar-refractivity contribution < 1.29 is 4.74 Å². The molecule has 19 heavy (non-hydrogen) atoms. The Morgan fingerprint density at radius 1 is 1.26 bits per heavy atom. The van der Waals surface area contributed by atoms with E-state index in [0.717, 1.165) is 19.4 Å². The first-order valence-electron chi connectivity index (χ1n) is 7.50. The summed E-state index contributed by atoms with van der Waals surface area (Å²) < 4.78 is 5.84. The van der Waals surface area contributed by atoms with E-state index in [9.17, 15) is 0 Å². The summed E-state index contributed by atoms with van der Waals surface area (Å²) in [5.41, 5.74) is 4.16. The number of aryl methyl sites for hydroxylation is 2. The zero-order chi connectivity index (χ0) is 13.8. The Morgan fingerprint density at radius 2 is 1.95 bits per heavy atom. The van der Waals surface area contributed by atoms with Gasteiger partial charge in [0, 0.05) is 18.6 Å². The summed E-state index contributed by atoms with van der Waals surface area (Å²) in [7, 11) is 2.08. The van der Waals surface area contributed by atoms with Crippen molar-refractivity contribution in [3.05, 3.63) is 34.9 Å². The van der Waals surface area contributed by atoms with Gasteiger partial charge in [0.05, 0.1) is 6.10 Å². The van der Waals surface area contributed by atoms with E-state index in [-0.39, 0.29) is 0 Å². The van der Waals surface area contributed by atoms with E-state index in [4.69, 9.17) is 4.74 Å². The highest BCUT2D eigenvalue weighted by molar-refractivity contribution is 5.29. The Bertz CT molecular complexity index is 395. The second kappa shape index (κ2) is 6.53. The van der Waals surface area contributed by atoms with Gasteiger partial charge < -0.3 is 10.1 Å². The number of hydrogen-bond acceptors (Lipinski definition) is 2. The maximum absolute atomic E-state index is 5.84. The smallest absolute Gasteiger partial charge is 0.0616 e. The fourth-order valence-corrected chi connectivity index (χ4v) is 3.45. The minimum absolute atomic E-state index is 0.434. The Kier molecular flexibility index (Phi) is 5.00. The van der Waals surface area contributed by atoms with Crippen molar-refractivity contribution in [2.45, 2.75) is 52.2 Å². The Balaban J connectivity index is 2.10. The van der Waals surface area contributed by atoms with Gasteiger partial charge in [-0.1, -0.05) is 36.2 Å². The number of nitrogens with one attached hydrogen (secondary N) is 1.